The third-order valence-corrected chi connectivity index (χ3v) is 2.61. The Balaban J connectivity index is 2.36. The minimum absolute atomic E-state index is 0.256. The highest BCUT2D eigenvalue weighted by Crippen LogP contribution is 2.33. The molecule has 76 valence electrons. The van der Waals surface area contributed by atoms with Gasteiger partial charge in [-0.3, -0.25) is 0 Å². The predicted octanol–water partition coefficient (Wildman–Crippen LogP) is 0.425. The molecule has 14 heavy (non-hydrogen) atoms. The van der Waals surface area contributed by atoms with Gasteiger partial charge in [-0.1, -0.05) is 0 Å². The van der Waals surface area contributed by atoms with Gasteiger partial charge in [-0.15, -0.1) is 0 Å². The van der Waals surface area contributed by atoms with Crippen LogP contribution in [0.4, 0.5) is 11.4 Å². The minimum Gasteiger partial charge on any atom is -0.489 e. The lowest BCUT2D eigenvalue weighted by molar-refractivity contribution is 0.269. The number of nitrogens with zero attached hydrogens (tertiary/aromatic N) is 1. The van der Waals surface area contributed by atoms with Crippen LogP contribution in [0.25, 0.3) is 0 Å². The number of fused-ring (bicyclic) bond motifs is 1. The van der Waals surface area contributed by atoms with E-state index in [0.717, 1.165) is 17.1 Å². The van der Waals surface area contributed by atoms with E-state index < -0.39 is 0 Å². The second-order valence-electron chi connectivity index (χ2n) is 3.54. The highest BCUT2D eigenvalue weighted by molar-refractivity contribution is 5.65. The van der Waals surface area contributed by atoms with Gasteiger partial charge in [0.2, 0.25) is 0 Å². The van der Waals surface area contributed by atoms with Crippen molar-refractivity contribution in [3.63, 3.8) is 0 Å². The van der Waals surface area contributed by atoms with Crippen molar-refractivity contribution in [1.29, 1.82) is 0 Å². The molecular formula is C10H15N3O. The van der Waals surface area contributed by atoms with Gasteiger partial charge < -0.3 is 21.1 Å². The number of nitrogens with two attached hydrogens (primary N) is 2. The van der Waals surface area contributed by atoms with E-state index in [2.05, 4.69) is 4.90 Å². The molecule has 1 aromatic rings. The molecule has 0 aliphatic carbocycles. The van der Waals surface area contributed by atoms with Gasteiger partial charge in [-0.25, -0.2) is 0 Å². The lowest BCUT2D eigenvalue weighted by Crippen LogP contribution is -2.45. The normalized spacial score (nSPS) is 20.1. The van der Waals surface area contributed by atoms with E-state index in [1.54, 1.807) is 0 Å². The summed E-state index contributed by atoms with van der Waals surface area (Å²) in [4.78, 5) is 2.14. The third kappa shape index (κ3) is 1.37. The predicted molar refractivity (Wildman–Crippen MR) is 57.6 cm³/mol. The average Bonchev–Trinajstić information content (AvgIpc) is 2.18. The summed E-state index contributed by atoms with van der Waals surface area (Å²) in [5.41, 5.74) is 13.1. The Morgan fingerprint density at radius 2 is 2.36 bits per heavy atom. The fourth-order valence-corrected chi connectivity index (χ4v) is 1.66. The van der Waals surface area contributed by atoms with E-state index >= 15 is 0 Å². The molecule has 4 heteroatoms. The van der Waals surface area contributed by atoms with E-state index in [4.69, 9.17) is 16.2 Å². The number of anilines is 2. The van der Waals surface area contributed by atoms with E-state index in [1.807, 2.05) is 25.2 Å². The van der Waals surface area contributed by atoms with Crippen LogP contribution in [0.2, 0.25) is 0 Å². The minimum atomic E-state index is 0.256. The van der Waals surface area contributed by atoms with Crippen molar-refractivity contribution in [2.24, 2.45) is 5.73 Å². The molecule has 0 spiro atoms. The van der Waals surface area contributed by atoms with Crippen LogP contribution in [0.15, 0.2) is 18.2 Å². The molecule has 0 saturated heterocycles. The summed E-state index contributed by atoms with van der Waals surface area (Å²) in [6, 6.07) is 5.94. The van der Waals surface area contributed by atoms with Gasteiger partial charge in [0, 0.05) is 25.3 Å². The smallest absolute Gasteiger partial charge is 0.144 e. The largest absolute Gasteiger partial charge is 0.489 e. The van der Waals surface area contributed by atoms with Crippen molar-refractivity contribution in [2.45, 2.75) is 6.04 Å². The number of rotatable bonds is 1. The van der Waals surface area contributed by atoms with Crippen molar-refractivity contribution in [3.8, 4) is 5.75 Å². The number of nitrogen functional groups attached to an aromatic ring is 1. The molecule has 0 aromatic heterocycles. The van der Waals surface area contributed by atoms with Crippen LogP contribution in [-0.4, -0.2) is 26.2 Å². The van der Waals surface area contributed by atoms with Gasteiger partial charge in [-0.05, 0) is 12.1 Å². The van der Waals surface area contributed by atoms with Gasteiger partial charge in [0.15, 0.2) is 0 Å². The zero-order valence-electron chi connectivity index (χ0n) is 8.23. The summed E-state index contributed by atoms with van der Waals surface area (Å²) in [7, 11) is 2.02. The van der Waals surface area contributed by atoms with Crippen molar-refractivity contribution in [2.75, 3.05) is 30.8 Å². The second-order valence-corrected chi connectivity index (χ2v) is 3.54. The number of hydrogen-bond donors (Lipinski definition) is 2. The third-order valence-electron chi connectivity index (χ3n) is 2.61. The van der Waals surface area contributed by atoms with Crippen molar-refractivity contribution in [1.82, 2.24) is 0 Å². The lowest BCUT2D eigenvalue weighted by atomic mass is 10.1. The number of ether oxygens (including phenoxy) is 1. The summed E-state index contributed by atoms with van der Waals surface area (Å²) in [6.07, 6.45) is 0. The first kappa shape index (κ1) is 9.15. The van der Waals surface area contributed by atoms with Crippen molar-refractivity contribution in [3.05, 3.63) is 18.2 Å². The first-order valence-electron chi connectivity index (χ1n) is 4.67. The van der Waals surface area contributed by atoms with Gasteiger partial charge >= 0.3 is 0 Å². The van der Waals surface area contributed by atoms with E-state index in [1.165, 1.54) is 0 Å². The molecule has 1 unspecified atom stereocenters. The molecule has 1 aliphatic rings. The first-order valence-corrected chi connectivity index (χ1v) is 4.67. The number of hydrogen-bond acceptors (Lipinski definition) is 4. The highest BCUT2D eigenvalue weighted by Gasteiger charge is 2.23. The molecular weight excluding hydrogens is 178 g/mol. The van der Waals surface area contributed by atoms with Crippen molar-refractivity contribution >= 4 is 11.4 Å². The molecule has 0 amide bonds. The topological polar surface area (TPSA) is 64.5 Å². The fourth-order valence-electron chi connectivity index (χ4n) is 1.66. The van der Waals surface area contributed by atoms with Crippen LogP contribution in [0, 0.1) is 0 Å². The van der Waals surface area contributed by atoms with Crippen molar-refractivity contribution < 1.29 is 4.74 Å². The average molecular weight is 193 g/mol. The summed E-state index contributed by atoms with van der Waals surface area (Å²) in [6.45, 7) is 1.23. The molecule has 1 heterocycles. The fraction of sp³-hybridized carbons (Fsp3) is 0.400. The van der Waals surface area contributed by atoms with Crippen LogP contribution in [0.1, 0.15) is 0 Å². The first-order chi connectivity index (χ1) is 6.72. The Labute approximate surface area is 83.4 Å². The van der Waals surface area contributed by atoms with Gasteiger partial charge in [0.05, 0.1) is 11.7 Å². The Bertz CT molecular complexity index is 340. The Morgan fingerprint density at radius 3 is 3.07 bits per heavy atom. The number of likely N-dealkylation sites (N-methyl/N-ethyl adjacent to an activating group) is 1. The monoisotopic (exact) mass is 193 g/mol. The number of benzene rings is 1. The summed E-state index contributed by atoms with van der Waals surface area (Å²) in [5.74, 6) is 0.845. The summed E-state index contributed by atoms with van der Waals surface area (Å²) < 4.78 is 5.58. The van der Waals surface area contributed by atoms with Crippen LogP contribution in [0.5, 0.6) is 5.75 Å². The Hall–Kier alpha value is -1.42. The van der Waals surface area contributed by atoms with Gasteiger partial charge in [0.25, 0.3) is 0 Å². The molecule has 0 fully saturated rings. The highest BCUT2D eigenvalue weighted by atomic mass is 16.5. The molecule has 1 aliphatic heterocycles. The molecule has 4 N–H and O–H groups in total. The van der Waals surface area contributed by atoms with Crippen LogP contribution >= 0.6 is 0 Å². The maximum atomic E-state index is 5.67. The molecule has 4 nitrogen and oxygen atoms in total. The zero-order valence-corrected chi connectivity index (χ0v) is 8.23. The molecule has 1 aromatic carbocycles. The quantitative estimate of drug-likeness (QED) is 0.635. The maximum Gasteiger partial charge on any atom is 0.144 e. The summed E-state index contributed by atoms with van der Waals surface area (Å²) >= 11 is 0. The summed E-state index contributed by atoms with van der Waals surface area (Å²) in [5, 5.41) is 0. The van der Waals surface area contributed by atoms with E-state index in [9.17, 15) is 0 Å². The lowest BCUT2D eigenvalue weighted by Gasteiger charge is -2.35. The van der Waals surface area contributed by atoms with Crippen LogP contribution < -0.4 is 21.1 Å². The SMILES string of the molecule is CN1c2ccc(N)cc2OCC1CN. The van der Waals surface area contributed by atoms with E-state index in [0.29, 0.717) is 13.2 Å². The van der Waals surface area contributed by atoms with Gasteiger partial charge in [0.1, 0.15) is 12.4 Å². The van der Waals surface area contributed by atoms with Crippen LogP contribution in [-0.2, 0) is 0 Å². The second kappa shape index (κ2) is 3.38. The molecule has 0 radical (unpaired) electrons. The van der Waals surface area contributed by atoms with Crippen LogP contribution in [0.3, 0.4) is 0 Å². The Kier molecular flexibility index (Phi) is 2.21. The standard InChI is InChI=1S/C10H15N3O/c1-13-8(5-11)6-14-10-4-7(12)2-3-9(10)13/h2-4,8H,5-6,11-12H2,1H3. The molecule has 1 atom stereocenters. The molecule has 0 saturated carbocycles. The molecule has 0 bridgehead atoms. The maximum absolute atomic E-state index is 5.67. The molecule has 2 rings (SSSR count). The zero-order chi connectivity index (χ0) is 10.1. The van der Waals surface area contributed by atoms with Gasteiger partial charge in [-0.2, -0.15) is 0 Å². The van der Waals surface area contributed by atoms with E-state index in [-0.39, 0.29) is 6.04 Å². The Morgan fingerprint density at radius 1 is 1.57 bits per heavy atom.